The number of alkyl halides is 3. The van der Waals surface area contributed by atoms with Crippen LogP contribution in [0.3, 0.4) is 0 Å². The Morgan fingerprint density at radius 2 is 1.70 bits per heavy atom. The summed E-state index contributed by atoms with van der Waals surface area (Å²) in [5.74, 6) is 0. The van der Waals surface area contributed by atoms with Crippen LogP contribution in [0.5, 0.6) is 0 Å². The standard InChI is InChI=1S/C13H17ClF3N3/c14-11-7-10(1-2-12(11)18)8-19-3-5-20(6-4-19)9-13(15,16)17/h1-2,7H,3-6,8-9,18H2. The second kappa shape index (κ2) is 6.20. The van der Waals surface area contributed by atoms with E-state index in [2.05, 4.69) is 4.90 Å². The smallest absolute Gasteiger partial charge is 0.398 e. The molecule has 20 heavy (non-hydrogen) atoms. The zero-order valence-electron chi connectivity index (χ0n) is 11.0. The van der Waals surface area contributed by atoms with Gasteiger partial charge in [-0.15, -0.1) is 0 Å². The number of halogens is 4. The van der Waals surface area contributed by atoms with E-state index in [0.29, 0.717) is 43.4 Å². The van der Waals surface area contributed by atoms with Gasteiger partial charge in [-0.05, 0) is 17.7 Å². The molecular formula is C13H17ClF3N3. The Kier molecular flexibility index (Phi) is 4.78. The Labute approximate surface area is 121 Å². The van der Waals surface area contributed by atoms with Crippen molar-refractivity contribution in [3.63, 3.8) is 0 Å². The Hall–Kier alpha value is -0.980. The van der Waals surface area contributed by atoms with Gasteiger partial charge < -0.3 is 5.73 Å². The lowest BCUT2D eigenvalue weighted by atomic mass is 10.2. The van der Waals surface area contributed by atoms with E-state index in [9.17, 15) is 13.2 Å². The van der Waals surface area contributed by atoms with E-state index in [-0.39, 0.29) is 0 Å². The molecule has 0 aromatic heterocycles. The highest BCUT2D eigenvalue weighted by molar-refractivity contribution is 6.33. The highest BCUT2D eigenvalue weighted by Crippen LogP contribution is 2.21. The van der Waals surface area contributed by atoms with E-state index in [4.69, 9.17) is 17.3 Å². The molecule has 0 amide bonds. The lowest BCUT2D eigenvalue weighted by Gasteiger charge is -2.35. The molecule has 1 aliphatic heterocycles. The summed E-state index contributed by atoms with van der Waals surface area (Å²) in [4.78, 5) is 3.56. The maximum Gasteiger partial charge on any atom is 0.401 e. The molecular weight excluding hydrogens is 291 g/mol. The van der Waals surface area contributed by atoms with Gasteiger partial charge in [0.25, 0.3) is 0 Å². The van der Waals surface area contributed by atoms with Crippen LogP contribution in [0, 0.1) is 0 Å². The number of nitrogens with two attached hydrogens (primary N) is 1. The maximum absolute atomic E-state index is 12.3. The summed E-state index contributed by atoms with van der Waals surface area (Å²) < 4.78 is 36.9. The summed E-state index contributed by atoms with van der Waals surface area (Å²) in [6, 6.07) is 5.44. The van der Waals surface area contributed by atoms with Crippen molar-refractivity contribution < 1.29 is 13.2 Å². The molecule has 1 aromatic carbocycles. The van der Waals surface area contributed by atoms with Crippen molar-refractivity contribution in [1.82, 2.24) is 9.80 Å². The van der Waals surface area contributed by atoms with Crippen LogP contribution in [-0.4, -0.2) is 48.7 Å². The summed E-state index contributed by atoms with van der Waals surface area (Å²) in [6.07, 6.45) is -4.12. The summed E-state index contributed by atoms with van der Waals surface area (Å²) in [6.45, 7) is 1.97. The predicted molar refractivity (Wildman–Crippen MR) is 73.6 cm³/mol. The third-order valence-electron chi connectivity index (χ3n) is 3.34. The lowest BCUT2D eigenvalue weighted by Crippen LogP contribution is -2.48. The van der Waals surface area contributed by atoms with Crippen molar-refractivity contribution in [3.8, 4) is 0 Å². The lowest BCUT2D eigenvalue weighted by molar-refractivity contribution is -0.149. The van der Waals surface area contributed by atoms with Gasteiger partial charge in [0.1, 0.15) is 0 Å². The van der Waals surface area contributed by atoms with Gasteiger partial charge in [-0.25, -0.2) is 0 Å². The normalized spacial score (nSPS) is 18.4. The highest BCUT2D eigenvalue weighted by Gasteiger charge is 2.32. The van der Waals surface area contributed by atoms with Crippen molar-refractivity contribution in [2.24, 2.45) is 0 Å². The number of anilines is 1. The van der Waals surface area contributed by atoms with E-state index in [1.807, 2.05) is 6.07 Å². The molecule has 0 radical (unpaired) electrons. The minimum atomic E-state index is -4.12. The zero-order valence-corrected chi connectivity index (χ0v) is 11.7. The Balaban J connectivity index is 1.83. The molecule has 1 aromatic rings. The first-order chi connectivity index (χ1) is 9.33. The van der Waals surface area contributed by atoms with Gasteiger partial charge in [-0.2, -0.15) is 13.2 Å². The van der Waals surface area contributed by atoms with Crippen molar-refractivity contribution in [2.75, 3.05) is 38.5 Å². The topological polar surface area (TPSA) is 32.5 Å². The molecule has 0 spiro atoms. The fourth-order valence-electron chi connectivity index (χ4n) is 2.29. The molecule has 3 nitrogen and oxygen atoms in total. The van der Waals surface area contributed by atoms with Crippen LogP contribution in [0.2, 0.25) is 5.02 Å². The largest absolute Gasteiger partial charge is 0.401 e. The van der Waals surface area contributed by atoms with Crippen LogP contribution in [0.25, 0.3) is 0 Å². The van der Waals surface area contributed by atoms with Gasteiger partial charge >= 0.3 is 6.18 Å². The molecule has 0 atom stereocenters. The van der Waals surface area contributed by atoms with Crippen LogP contribution in [-0.2, 0) is 6.54 Å². The van der Waals surface area contributed by atoms with Gasteiger partial charge in [0.2, 0.25) is 0 Å². The number of hydrogen-bond acceptors (Lipinski definition) is 3. The van der Waals surface area contributed by atoms with Gasteiger partial charge in [0.15, 0.2) is 0 Å². The van der Waals surface area contributed by atoms with E-state index >= 15 is 0 Å². The fourth-order valence-corrected chi connectivity index (χ4v) is 2.49. The molecule has 112 valence electrons. The molecule has 2 rings (SSSR count). The molecule has 0 saturated carbocycles. The molecule has 7 heteroatoms. The Morgan fingerprint density at radius 3 is 2.25 bits per heavy atom. The van der Waals surface area contributed by atoms with E-state index in [0.717, 1.165) is 5.56 Å². The molecule has 1 fully saturated rings. The van der Waals surface area contributed by atoms with Crippen molar-refractivity contribution in [3.05, 3.63) is 28.8 Å². The van der Waals surface area contributed by atoms with Gasteiger partial charge in [0.05, 0.1) is 17.3 Å². The fraction of sp³-hybridized carbons (Fsp3) is 0.538. The molecule has 0 aliphatic carbocycles. The third kappa shape index (κ3) is 4.54. The average Bonchev–Trinajstić information content (AvgIpc) is 2.35. The molecule has 0 bridgehead atoms. The maximum atomic E-state index is 12.3. The summed E-state index contributed by atoms with van der Waals surface area (Å²) in [5.41, 5.74) is 7.19. The minimum absolute atomic E-state index is 0.433. The van der Waals surface area contributed by atoms with E-state index in [1.54, 1.807) is 12.1 Å². The van der Waals surface area contributed by atoms with Crippen LogP contribution < -0.4 is 5.73 Å². The van der Waals surface area contributed by atoms with E-state index in [1.165, 1.54) is 4.90 Å². The van der Waals surface area contributed by atoms with Gasteiger partial charge in [-0.1, -0.05) is 17.7 Å². The summed E-state index contributed by atoms with van der Waals surface area (Å²) >= 11 is 5.95. The minimum Gasteiger partial charge on any atom is -0.398 e. The highest BCUT2D eigenvalue weighted by atomic mass is 35.5. The van der Waals surface area contributed by atoms with Gasteiger partial charge in [-0.3, -0.25) is 9.80 Å². The van der Waals surface area contributed by atoms with Crippen LogP contribution in [0.1, 0.15) is 5.56 Å². The first-order valence-electron chi connectivity index (χ1n) is 6.39. The average molecular weight is 308 g/mol. The van der Waals surface area contributed by atoms with Crippen molar-refractivity contribution >= 4 is 17.3 Å². The van der Waals surface area contributed by atoms with Crippen molar-refractivity contribution in [1.29, 1.82) is 0 Å². The van der Waals surface area contributed by atoms with Crippen LogP contribution >= 0.6 is 11.6 Å². The molecule has 1 saturated heterocycles. The molecule has 1 aliphatic rings. The van der Waals surface area contributed by atoms with Gasteiger partial charge in [0, 0.05) is 32.7 Å². The van der Waals surface area contributed by atoms with Crippen molar-refractivity contribution in [2.45, 2.75) is 12.7 Å². The zero-order chi connectivity index (χ0) is 14.8. The number of nitrogens with zero attached hydrogens (tertiary/aromatic N) is 2. The first-order valence-corrected chi connectivity index (χ1v) is 6.77. The molecule has 0 unspecified atom stereocenters. The quantitative estimate of drug-likeness (QED) is 0.871. The second-order valence-electron chi connectivity index (χ2n) is 5.02. The number of benzene rings is 1. The number of piperazine rings is 1. The van der Waals surface area contributed by atoms with Crippen LogP contribution in [0.15, 0.2) is 18.2 Å². The number of rotatable bonds is 3. The van der Waals surface area contributed by atoms with E-state index < -0.39 is 12.7 Å². The molecule has 1 heterocycles. The first kappa shape index (κ1) is 15.4. The SMILES string of the molecule is Nc1ccc(CN2CCN(CC(F)(F)F)CC2)cc1Cl. The number of nitrogen functional groups attached to an aromatic ring is 1. The summed E-state index contributed by atoms with van der Waals surface area (Å²) in [5, 5.41) is 0.512. The summed E-state index contributed by atoms with van der Waals surface area (Å²) in [7, 11) is 0. The van der Waals surface area contributed by atoms with Crippen LogP contribution in [0.4, 0.5) is 18.9 Å². The molecule has 2 N–H and O–H groups in total. The Morgan fingerprint density at radius 1 is 1.10 bits per heavy atom. The second-order valence-corrected chi connectivity index (χ2v) is 5.43. The predicted octanol–water partition coefficient (Wildman–Crippen LogP) is 2.60. The third-order valence-corrected chi connectivity index (χ3v) is 3.67. The Bertz CT molecular complexity index is 457. The number of hydrogen-bond donors (Lipinski definition) is 1. The monoisotopic (exact) mass is 307 g/mol.